The van der Waals surface area contributed by atoms with Crippen LogP contribution >= 0.6 is 0 Å². The van der Waals surface area contributed by atoms with E-state index in [0.29, 0.717) is 19.1 Å². The Morgan fingerprint density at radius 3 is 2.71 bits per heavy atom. The predicted molar refractivity (Wildman–Crippen MR) is 70.2 cm³/mol. The highest BCUT2D eigenvalue weighted by Gasteiger charge is 2.00. The van der Waals surface area contributed by atoms with Crippen molar-refractivity contribution in [1.82, 2.24) is 5.32 Å². The van der Waals surface area contributed by atoms with Crippen molar-refractivity contribution in [2.45, 2.75) is 45.9 Å². The number of aliphatic hydroxyl groups is 1. The van der Waals surface area contributed by atoms with Crippen LogP contribution in [0.1, 0.15) is 32.8 Å². The molecule has 0 aliphatic heterocycles. The topological polar surface area (TPSA) is 41.5 Å². The summed E-state index contributed by atoms with van der Waals surface area (Å²) in [6.45, 7) is 7.43. The molecule has 1 aromatic rings. The molecule has 0 saturated carbocycles. The van der Waals surface area contributed by atoms with Crippen LogP contribution in [0.3, 0.4) is 0 Å². The van der Waals surface area contributed by atoms with E-state index in [1.54, 1.807) is 6.92 Å². The first-order valence-electron chi connectivity index (χ1n) is 6.21. The molecule has 1 aromatic carbocycles. The van der Waals surface area contributed by atoms with Crippen LogP contribution in [-0.2, 0) is 6.54 Å². The second kappa shape index (κ2) is 7.30. The van der Waals surface area contributed by atoms with Crippen LogP contribution in [0.4, 0.5) is 0 Å². The highest BCUT2D eigenvalue weighted by molar-refractivity contribution is 5.28. The maximum Gasteiger partial charge on any atom is 0.119 e. The monoisotopic (exact) mass is 237 g/mol. The van der Waals surface area contributed by atoms with Gasteiger partial charge in [-0.05, 0) is 24.6 Å². The third-order valence-electron chi connectivity index (χ3n) is 2.42. The minimum absolute atomic E-state index is 0.305. The molecule has 0 radical (unpaired) electrons. The van der Waals surface area contributed by atoms with E-state index >= 15 is 0 Å². The summed E-state index contributed by atoms with van der Waals surface area (Å²) in [7, 11) is 0. The summed E-state index contributed by atoms with van der Waals surface area (Å²) >= 11 is 0. The van der Waals surface area contributed by atoms with E-state index in [2.05, 4.69) is 25.2 Å². The summed E-state index contributed by atoms with van der Waals surface area (Å²) in [5.74, 6) is 0.869. The normalized spacial score (nSPS) is 12.8. The number of hydrogen-bond donors (Lipinski definition) is 2. The summed E-state index contributed by atoms with van der Waals surface area (Å²) in [5, 5.41) is 12.5. The number of nitrogens with one attached hydrogen (secondary N) is 1. The lowest BCUT2D eigenvalue weighted by atomic mass is 10.2. The average molecular weight is 237 g/mol. The number of benzene rings is 1. The molecule has 96 valence electrons. The molecule has 3 nitrogen and oxygen atoms in total. The smallest absolute Gasteiger partial charge is 0.119 e. The van der Waals surface area contributed by atoms with E-state index < -0.39 is 0 Å². The van der Waals surface area contributed by atoms with Crippen LogP contribution < -0.4 is 10.1 Å². The van der Waals surface area contributed by atoms with Crippen LogP contribution in [0.5, 0.6) is 5.75 Å². The van der Waals surface area contributed by atoms with E-state index in [4.69, 9.17) is 9.84 Å². The molecule has 0 heterocycles. The molecular weight excluding hydrogens is 214 g/mol. The fourth-order valence-electron chi connectivity index (χ4n) is 1.41. The molecule has 0 amide bonds. The fraction of sp³-hybridized carbons (Fsp3) is 0.571. The van der Waals surface area contributed by atoms with Gasteiger partial charge in [-0.3, -0.25) is 0 Å². The Bertz CT molecular complexity index is 324. The van der Waals surface area contributed by atoms with Crippen molar-refractivity contribution < 1.29 is 9.84 Å². The van der Waals surface area contributed by atoms with E-state index in [9.17, 15) is 0 Å². The standard InChI is InChI=1S/C14H23NO2/c1-11(2)15-10-13-5-4-6-14(9-13)17-8-7-12(3)16/h4-6,9,11-12,15-16H,7-8,10H2,1-3H3. The van der Waals surface area contributed by atoms with Crippen molar-refractivity contribution in [2.24, 2.45) is 0 Å². The van der Waals surface area contributed by atoms with Crippen molar-refractivity contribution >= 4 is 0 Å². The third kappa shape index (κ3) is 6.29. The van der Waals surface area contributed by atoms with Gasteiger partial charge in [-0.25, -0.2) is 0 Å². The molecule has 0 saturated heterocycles. The first-order valence-corrected chi connectivity index (χ1v) is 6.21. The van der Waals surface area contributed by atoms with E-state index in [0.717, 1.165) is 12.3 Å². The SMILES string of the molecule is CC(O)CCOc1cccc(CNC(C)C)c1. The molecule has 0 aliphatic rings. The van der Waals surface area contributed by atoms with Gasteiger partial charge in [0.15, 0.2) is 0 Å². The van der Waals surface area contributed by atoms with Crippen molar-refractivity contribution in [3.05, 3.63) is 29.8 Å². The highest BCUT2D eigenvalue weighted by Crippen LogP contribution is 2.13. The van der Waals surface area contributed by atoms with Crippen LogP contribution in [0.2, 0.25) is 0 Å². The highest BCUT2D eigenvalue weighted by atomic mass is 16.5. The van der Waals surface area contributed by atoms with Gasteiger partial charge >= 0.3 is 0 Å². The van der Waals surface area contributed by atoms with Crippen LogP contribution in [0.15, 0.2) is 24.3 Å². The maximum atomic E-state index is 9.14. The zero-order valence-corrected chi connectivity index (χ0v) is 10.9. The van der Waals surface area contributed by atoms with Gasteiger partial charge in [0, 0.05) is 19.0 Å². The first-order chi connectivity index (χ1) is 8.08. The number of aliphatic hydroxyl groups excluding tert-OH is 1. The summed E-state index contributed by atoms with van der Waals surface area (Å²) < 4.78 is 5.58. The second-order valence-corrected chi connectivity index (χ2v) is 4.67. The van der Waals surface area contributed by atoms with Gasteiger partial charge in [0.25, 0.3) is 0 Å². The molecular formula is C14H23NO2. The van der Waals surface area contributed by atoms with Crippen molar-refractivity contribution in [2.75, 3.05) is 6.61 Å². The predicted octanol–water partition coefficient (Wildman–Crippen LogP) is 2.33. The Labute approximate surface area is 104 Å². The Morgan fingerprint density at radius 1 is 1.29 bits per heavy atom. The van der Waals surface area contributed by atoms with Gasteiger partial charge in [-0.1, -0.05) is 26.0 Å². The molecule has 0 fully saturated rings. The Balaban J connectivity index is 2.42. The van der Waals surface area contributed by atoms with Gasteiger partial charge in [0.05, 0.1) is 12.7 Å². The molecule has 3 heteroatoms. The van der Waals surface area contributed by atoms with Crippen molar-refractivity contribution in [3.63, 3.8) is 0 Å². The van der Waals surface area contributed by atoms with Gasteiger partial charge < -0.3 is 15.2 Å². The van der Waals surface area contributed by atoms with Crippen LogP contribution in [-0.4, -0.2) is 23.9 Å². The lowest BCUT2D eigenvalue weighted by Crippen LogP contribution is -2.21. The number of hydrogen-bond acceptors (Lipinski definition) is 3. The van der Waals surface area contributed by atoms with Gasteiger partial charge in [0.2, 0.25) is 0 Å². The second-order valence-electron chi connectivity index (χ2n) is 4.67. The molecule has 1 atom stereocenters. The first kappa shape index (κ1) is 14.0. The average Bonchev–Trinajstić information content (AvgIpc) is 2.26. The molecule has 0 aliphatic carbocycles. The van der Waals surface area contributed by atoms with E-state index in [1.807, 2.05) is 18.2 Å². The van der Waals surface area contributed by atoms with Gasteiger partial charge in [0.1, 0.15) is 5.75 Å². The molecule has 0 aromatic heterocycles. The zero-order chi connectivity index (χ0) is 12.7. The lowest BCUT2D eigenvalue weighted by Gasteiger charge is -2.11. The zero-order valence-electron chi connectivity index (χ0n) is 10.9. The van der Waals surface area contributed by atoms with Gasteiger partial charge in [-0.15, -0.1) is 0 Å². The number of rotatable bonds is 7. The minimum Gasteiger partial charge on any atom is -0.493 e. The molecule has 1 rings (SSSR count). The van der Waals surface area contributed by atoms with Crippen molar-refractivity contribution in [3.8, 4) is 5.75 Å². The fourth-order valence-corrected chi connectivity index (χ4v) is 1.41. The van der Waals surface area contributed by atoms with Crippen molar-refractivity contribution in [1.29, 1.82) is 0 Å². The third-order valence-corrected chi connectivity index (χ3v) is 2.42. The van der Waals surface area contributed by atoms with Crippen LogP contribution in [0.25, 0.3) is 0 Å². The lowest BCUT2D eigenvalue weighted by molar-refractivity contribution is 0.155. The summed E-state index contributed by atoms with van der Waals surface area (Å²) in [4.78, 5) is 0. The molecule has 0 bridgehead atoms. The summed E-state index contributed by atoms with van der Waals surface area (Å²) in [5.41, 5.74) is 1.22. The quantitative estimate of drug-likeness (QED) is 0.765. The van der Waals surface area contributed by atoms with E-state index in [1.165, 1.54) is 5.56 Å². The summed E-state index contributed by atoms with van der Waals surface area (Å²) in [6.07, 6.45) is 0.356. The molecule has 2 N–H and O–H groups in total. The largest absolute Gasteiger partial charge is 0.493 e. The molecule has 0 spiro atoms. The Kier molecular flexibility index (Phi) is 6.01. The Morgan fingerprint density at radius 2 is 2.06 bits per heavy atom. The molecule has 1 unspecified atom stereocenters. The van der Waals surface area contributed by atoms with Crippen LogP contribution in [0, 0.1) is 0 Å². The summed E-state index contributed by atoms with van der Waals surface area (Å²) in [6, 6.07) is 8.54. The molecule has 17 heavy (non-hydrogen) atoms. The number of ether oxygens (including phenoxy) is 1. The Hall–Kier alpha value is -1.06. The van der Waals surface area contributed by atoms with Gasteiger partial charge in [-0.2, -0.15) is 0 Å². The minimum atomic E-state index is -0.305. The maximum absolute atomic E-state index is 9.14. The van der Waals surface area contributed by atoms with E-state index in [-0.39, 0.29) is 6.10 Å².